The van der Waals surface area contributed by atoms with Crippen LogP contribution in [0.5, 0.6) is 0 Å². The van der Waals surface area contributed by atoms with Crippen molar-refractivity contribution < 1.29 is 0 Å². The number of nitrogens with zero attached hydrogens (tertiary/aromatic N) is 3. The molecule has 0 aliphatic heterocycles. The van der Waals surface area contributed by atoms with Crippen LogP contribution in [0.1, 0.15) is 30.7 Å². The van der Waals surface area contributed by atoms with Gasteiger partial charge in [-0.3, -0.25) is 4.79 Å². The summed E-state index contributed by atoms with van der Waals surface area (Å²) in [4.78, 5) is 18.5. The molecule has 2 aromatic heterocycles. The van der Waals surface area contributed by atoms with E-state index in [0.717, 1.165) is 34.6 Å². The van der Waals surface area contributed by atoms with Crippen molar-refractivity contribution in [1.82, 2.24) is 14.0 Å². The molecule has 3 aromatic carbocycles. The number of aromatic nitrogens is 3. The van der Waals surface area contributed by atoms with E-state index in [-0.39, 0.29) is 5.56 Å². The molecule has 4 nitrogen and oxygen atoms in total. The fourth-order valence-electron chi connectivity index (χ4n) is 4.42. The average Bonchev–Trinajstić information content (AvgIpc) is 3.14. The summed E-state index contributed by atoms with van der Waals surface area (Å²) in [5.41, 5.74) is 4.77. The highest BCUT2D eigenvalue weighted by Gasteiger charge is 2.19. The lowest BCUT2D eigenvalue weighted by Crippen LogP contribution is -2.26. The number of imidazole rings is 1. The lowest BCUT2D eigenvalue weighted by atomic mass is 9.98. The minimum atomic E-state index is 0.0316. The van der Waals surface area contributed by atoms with Gasteiger partial charge < -0.3 is 4.57 Å². The summed E-state index contributed by atoms with van der Waals surface area (Å²) in [6.07, 6.45) is 0.604. The first-order valence-electron chi connectivity index (χ1n) is 10.5. The van der Waals surface area contributed by atoms with E-state index in [4.69, 9.17) is 4.98 Å². The summed E-state index contributed by atoms with van der Waals surface area (Å²) in [5.74, 6) is 1.18. The van der Waals surface area contributed by atoms with Gasteiger partial charge in [-0.15, -0.1) is 0 Å². The molecule has 5 aromatic rings. The van der Waals surface area contributed by atoms with E-state index in [0.29, 0.717) is 12.3 Å². The third-order valence-corrected chi connectivity index (χ3v) is 5.88. The standard InChI is InChI=1S/C26H25N3O/c1-17(2)16-28-18(3)22(15-20-11-8-10-19-9-4-5-12-21(19)20)25(30)29-24-14-7-6-13-23(24)27-26(28)29/h4-14,17H,15-16H2,1-3H3. The zero-order valence-electron chi connectivity index (χ0n) is 17.6. The molecule has 0 fully saturated rings. The predicted octanol–water partition coefficient (Wildman–Crippen LogP) is 5.36. The molecule has 4 heteroatoms. The van der Waals surface area contributed by atoms with Gasteiger partial charge in [-0.2, -0.15) is 0 Å². The van der Waals surface area contributed by atoms with Gasteiger partial charge in [0, 0.05) is 24.2 Å². The van der Waals surface area contributed by atoms with E-state index < -0.39 is 0 Å². The number of hydrogen-bond acceptors (Lipinski definition) is 2. The lowest BCUT2D eigenvalue weighted by molar-refractivity contribution is 0.513. The van der Waals surface area contributed by atoms with Crippen LogP contribution in [0.25, 0.3) is 27.6 Å². The Morgan fingerprint density at radius 2 is 1.67 bits per heavy atom. The summed E-state index contributed by atoms with van der Waals surface area (Å²) >= 11 is 0. The third-order valence-electron chi connectivity index (χ3n) is 5.88. The number of fused-ring (bicyclic) bond motifs is 4. The molecule has 0 aliphatic rings. The largest absolute Gasteiger partial charge is 0.315 e. The van der Waals surface area contributed by atoms with Gasteiger partial charge in [0.05, 0.1) is 11.0 Å². The second kappa shape index (κ2) is 7.13. The molecular weight excluding hydrogens is 370 g/mol. The van der Waals surface area contributed by atoms with Gasteiger partial charge >= 0.3 is 0 Å². The second-order valence-corrected chi connectivity index (χ2v) is 8.42. The van der Waals surface area contributed by atoms with Crippen LogP contribution in [0, 0.1) is 12.8 Å². The quantitative estimate of drug-likeness (QED) is 0.411. The van der Waals surface area contributed by atoms with E-state index in [1.165, 1.54) is 16.3 Å². The second-order valence-electron chi connectivity index (χ2n) is 8.42. The van der Waals surface area contributed by atoms with Crippen LogP contribution in [-0.4, -0.2) is 14.0 Å². The molecule has 0 radical (unpaired) electrons. The van der Waals surface area contributed by atoms with E-state index in [2.05, 4.69) is 67.8 Å². The van der Waals surface area contributed by atoms with Crippen molar-refractivity contribution in [1.29, 1.82) is 0 Å². The molecule has 5 rings (SSSR count). The van der Waals surface area contributed by atoms with Crippen LogP contribution in [-0.2, 0) is 13.0 Å². The van der Waals surface area contributed by atoms with Crippen molar-refractivity contribution in [3.63, 3.8) is 0 Å². The Bertz CT molecular complexity index is 1450. The molecule has 30 heavy (non-hydrogen) atoms. The summed E-state index contributed by atoms with van der Waals surface area (Å²) in [6.45, 7) is 7.27. The van der Waals surface area contributed by atoms with Gasteiger partial charge in [-0.05, 0) is 41.3 Å². The first kappa shape index (κ1) is 18.6. The highest BCUT2D eigenvalue weighted by molar-refractivity contribution is 5.86. The maximum atomic E-state index is 13.7. The van der Waals surface area contributed by atoms with Crippen molar-refractivity contribution in [3.8, 4) is 0 Å². The van der Waals surface area contributed by atoms with Gasteiger partial charge in [0.1, 0.15) is 0 Å². The first-order chi connectivity index (χ1) is 14.5. The highest BCUT2D eigenvalue weighted by atomic mass is 16.1. The van der Waals surface area contributed by atoms with Crippen LogP contribution in [0.2, 0.25) is 0 Å². The number of para-hydroxylation sites is 2. The Hall–Kier alpha value is -3.40. The summed E-state index contributed by atoms with van der Waals surface area (Å²) in [7, 11) is 0. The highest BCUT2D eigenvalue weighted by Crippen LogP contribution is 2.24. The number of benzene rings is 3. The maximum Gasteiger partial charge on any atom is 0.263 e. The molecule has 0 unspecified atom stereocenters. The van der Waals surface area contributed by atoms with Crippen LogP contribution >= 0.6 is 0 Å². The SMILES string of the molecule is Cc1c(Cc2cccc3ccccc23)c(=O)n2c3ccccc3nc2n1CC(C)C. The Labute approximate surface area is 175 Å². The Morgan fingerprint density at radius 3 is 2.50 bits per heavy atom. The molecule has 0 amide bonds. The van der Waals surface area contributed by atoms with Gasteiger partial charge in [0.15, 0.2) is 0 Å². The van der Waals surface area contributed by atoms with Crippen molar-refractivity contribution in [2.75, 3.05) is 0 Å². The molecule has 0 aliphatic carbocycles. The zero-order chi connectivity index (χ0) is 20.8. The van der Waals surface area contributed by atoms with Crippen LogP contribution in [0.15, 0.2) is 71.5 Å². The molecule has 0 spiro atoms. The van der Waals surface area contributed by atoms with Crippen molar-refractivity contribution in [2.45, 2.75) is 33.7 Å². The van der Waals surface area contributed by atoms with Crippen LogP contribution < -0.4 is 5.56 Å². The lowest BCUT2D eigenvalue weighted by Gasteiger charge is -2.18. The maximum absolute atomic E-state index is 13.7. The third kappa shape index (κ3) is 2.91. The fourth-order valence-corrected chi connectivity index (χ4v) is 4.42. The summed E-state index contributed by atoms with van der Waals surface area (Å²) < 4.78 is 4.01. The average molecular weight is 396 g/mol. The topological polar surface area (TPSA) is 39.3 Å². The van der Waals surface area contributed by atoms with Crippen molar-refractivity contribution in [2.24, 2.45) is 5.92 Å². The minimum Gasteiger partial charge on any atom is -0.315 e. The van der Waals surface area contributed by atoms with Crippen molar-refractivity contribution >= 4 is 27.6 Å². The summed E-state index contributed by atoms with van der Waals surface area (Å²) in [5, 5.41) is 2.40. The zero-order valence-corrected chi connectivity index (χ0v) is 17.6. The minimum absolute atomic E-state index is 0.0316. The number of hydrogen-bond donors (Lipinski definition) is 0. The van der Waals surface area contributed by atoms with Crippen LogP contribution in [0.4, 0.5) is 0 Å². The first-order valence-corrected chi connectivity index (χ1v) is 10.5. The Balaban J connectivity index is 1.81. The molecule has 0 bridgehead atoms. The molecule has 0 saturated heterocycles. The number of rotatable bonds is 4. The van der Waals surface area contributed by atoms with Gasteiger partial charge in [-0.25, -0.2) is 9.38 Å². The normalized spacial score (nSPS) is 11.9. The smallest absolute Gasteiger partial charge is 0.263 e. The monoisotopic (exact) mass is 395 g/mol. The molecule has 0 N–H and O–H groups in total. The van der Waals surface area contributed by atoms with E-state index in [1.807, 2.05) is 24.3 Å². The van der Waals surface area contributed by atoms with Crippen molar-refractivity contribution in [3.05, 3.63) is 93.9 Å². The van der Waals surface area contributed by atoms with Gasteiger partial charge in [0.25, 0.3) is 5.56 Å². The molecule has 0 atom stereocenters. The van der Waals surface area contributed by atoms with E-state index in [1.54, 1.807) is 4.40 Å². The molecule has 0 saturated carbocycles. The van der Waals surface area contributed by atoms with Gasteiger partial charge in [-0.1, -0.05) is 68.4 Å². The summed E-state index contributed by atoms with van der Waals surface area (Å²) in [6, 6.07) is 22.6. The van der Waals surface area contributed by atoms with Gasteiger partial charge in [0.2, 0.25) is 5.78 Å². The molecule has 150 valence electrons. The Morgan fingerprint density at radius 1 is 0.933 bits per heavy atom. The molecular formula is C26H25N3O. The Kier molecular flexibility index (Phi) is 4.43. The molecule has 2 heterocycles. The predicted molar refractivity (Wildman–Crippen MR) is 123 cm³/mol. The van der Waals surface area contributed by atoms with E-state index >= 15 is 0 Å². The van der Waals surface area contributed by atoms with E-state index in [9.17, 15) is 4.79 Å². The van der Waals surface area contributed by atoms with Crippen LogP contribution in [0.3, 0.4) is 0 Å². The fraction of sp³-hybridized carbons (Fsp3) is 0.231.